The second kappa shape index (κ2) is 10.7. The Morgan fingerprint density at radius 2 is 2.03 bits per heavy atom. The van der Waals surface area contributed by atoms with E-state index in [0.29, 0.717) is 19.3 Å². The van der Waals surface area contributed by atoms with Crippen LogP contribution in [0.1, 0.15) is 24.8 Å². The zero-order chi connectivity index (χ0) is 23.3. The van der Waals surface area contributed by atoms with Crippen molar-refractivity contribution in [2.24, 2.45) is 0 Å². The van der Waals surface area contributed by atoms with Gasteiger partial charge in [0.25, 0.3) is 5.91 Å². The van der Waals surface area contributed by atoms with E-state index in [2.05, 4.69) is 15.9 Å². The molecule has 10 heteroatoms. The number of rotatable bonds is 9. The first-order chi connectivity index (χ1) is 15.3. The maximum absolute atomic E-state index is 13.3. The fourth-order valence-electron chi connectivity index (χ4n) is 3.77. The molecule has 2 heterocycles. The Balaban J connectivity index is 1.80. The smallest absolute Gasteiger partial charge is 0.417 e. The first-order valence-electron chi connectivity index (χ1n) is 10.3. The number of methoxy groups -OCH3 is 1. The molecule has 0 bridgehead atoms. The standard InChI is InChI=1S/C22H26BrNO8/c1-30-19(18-16(26)12-17(23)22(29,32-18)9-5-6-10-25)20(27)24-15(13-31-21(24)28)11-14-7-3-2-4-8-14/h2-4,7-8,12,15,18-19,25,29H,5-6,9-11,13H2,1H3/t15-,18-,19-,22+/m1/s1. The first kappa shape index (κ1) is 24.5. The minimum absolute atomic E-state index is 0.0198. The first-order valence-corrected chi connectivity index (χ1v) is 11.1. The number of carbonyl (C=O) groups is 3. The maximum atomic E-state index is 13.3. The van der Waals surface area contributed by atoms with Crippen LogP contribution >= 0.6 is 15.9 Å². The highest BCUT2D eigenvalue weighted by Gasteiger charge is 2.50. The lowest BCUT2D eigenvalue weighted by molar-refractivity contribution is -0.227. The average Bonchev–Trinajstić information content (AvgIpc) is 3.13. The van der Waals surface area contributed by atoms with Gasteiger partial charge in [-0.2, -0.15) is 0 Å². The number of aliphatic hydroxyl groups excluding tert-OH is 1. The van der Waals surface area contributed by atoms with Gasteiger partial charge in [-0.1, -0.05) is 30.3 Å². The Labute approximate surface area is 194 Å². The molecule has 2 aliphatic heterocycles. The van der Waals surface area contributed by atoms with E-state index in [0.717, 1.165) is 16.5 Å². The third-order valence-corrected chi connectivity index (χ3v) is 6.30. The van der Waals surface area contributed by atoms with Crippen molar-refractivity contribution in [2.45, 2.75) is 49.7 Å². The zero-order valence-electron chi connectivity index (χ0n) is 17.6. The lowest BCUT2D eigenvalue weighted by atomic mass is 9.98. The second-order valence-electron chi connectivity index (χ2n) is 7.68. The maximum Gasteiger partial charge on any atom is 0.417 e. The summed E-state index contributed by atoms with van der Waals surface area (Å²) >= 11 is 3.15. The Kier molecular flexibility index (Phi) is 8.18. The fourth-order valence-corrected chi connectivity index (χ4v) is 4.29. The van der Waals surface area contributed by atoms with E-state index < -0.39 is 41.8 Å². The van der Waals surface area contributed by atoms with Crippen LogP contribution in [0.2, 0.25) is 0 Å². The molecule has 0 spiro atoms. The third-order valence-electron chi connectivity index (χ3n) is 5.45. The number of carbonyl (C=O) groups excluding carboxylic acids is 3. The summed E-state index contributed by atoms with van der Waals surface area (Å²) in [7, 11) is 1.23. The summed E-state index contributed by atoms with van der Waals surface area (Å²) in [5, 5.41) is 19.9. The molecule has 1 aromatic carbocycles. The molecule has 0 saturated carbocycles. The van der Waals surface area contributed by atoms with Gasteiger partial charge >= 0.3 is 6.09 Å². The van der Waals surface area contributed by atoms with Crippen LogP contribution in [0.3, 0.4) is 0 Å². The summed E-state index contributed by atoms with van der Waals surface area (Å²) in [5.41, 5.74) is 0.915. The van der Waals surface area contributed by atoms with Crippen molar-refractivity contribution < 1.29 is 38.8 Å². The number of ketones is 1. The van der Waals surface area contributed by atoms with E-state index in [1.54, 1.807) is 0 Å². The number of ether oxygens (including phenoxy) is 3. The number of aliphatic hydroxyl groups is 2. The van der Waals surface area contributed by atoms with Crippen LogP contribution in [0.25, 0.3) is 0 Å². The topological polar surface area (TPSA) is 123 Å². The lowest BCUT2D eigenvalue weighted by Crippen LogP contribution is -2.56. The number of benzene rings is 1. The van der Waals surface area contributed by atoms with E-state index in [-0.39, 0.29) is 24.1 Å². The van der Waals surface area contributed by atoms with Crippen LogP contribution in [-0.4, -0.2) is 77.3 Å². The SMILES string of the molecule is CO[C@@H](C(=O)N1C(=O)OC[C@H]1Cc1ccccc1)[C@@H]1O[C@@](O)(CCCCO)C(Br)=CC1=O. The summed E-state index contributed by atoms with van der Waals surface area (Å²) in [6.07, 6.45) is -1.29. The lowest BCUT2D eigenvalue weighted by Gasteiger charge is -2.38. The molecular formula is C22H26BrNO8. The summed E-state index contributed by atoms with van der Waals surface area (Å²) in [4.78, 5) is 39.3. The van der Waals surface area contributed by atoms with Gasteiger partial charge in [-0.05, 0) is 46.8 Å². The molecule has 2 aliphatic rings. The molecule has 2 N–H and O–H groups in total. The van der Waals surface area contributed by atoms with Crippen LogP contribution in [-0.2, 0) is 30.2 Å². The molecule has 9 nitrogen and oxygen atoms in total. The molecule has 0 aliphatic carbocycles. The van der Waals surface area contributed by atoms with Crippen molar-refractivity contribution in [1.29, 1.82) is 0 Å². The minimum Gasteiger partial charge on any atom is -0.447 e. The van der Waals surface area contributed by atoms with Crippen LogP contribution in [0.15, 0.2) is 40.9 Å². The molecule has 174 valence electrons. The number of unbranched alkanes of at least 4 members (excludes halogenated alkanes) is 1. The molecule has 3 rings (SSSR count). The highest BCUT2D eigenvalue weighted by molar-refractivity contribution is 9.11. The molecule has 1 aromatic rings. The van der Waals surface area contributed by atoms with E-state index >= 15 is 0 Å². The predicted octanol–water partition coefficient (Wildman–Crippen LogP) is 1.69. The number of hydrogen-bond donors (Lipinski definition) is 2. The van der Waals surface area contributed by atoms with Gasteiger partial charge in [0.05, 0.1) is 10.5 Å². The van der Waals surface area contributed by atoms with Crippen molar-refractivity contribution in [3.63, 3.8) is 0 Å². The van der Waals surface area contributed by atoms with E-state index in [1.807, 2.05) is 30.3 Å². The highest BCUT2D eigenvalue weighted by atomic mass is 79.9. The van der Waals surface area contributed by atoms with Gasteiger partial charge in [0, 0.05) is 20.1 Å². The molecular weight excluding hydrogens is 486 g/mol. The van der Waals surface area contributed by atoms with Gasteiger partial charge in [0.15, 0.2) is 23.8 Å². The Hall–Kier alpha value is -2.11. The number of cyclic esters (lactones) is 1. The molecule has 4 atom stereocenters. The molecule has 32 heavy (non-hydrogen) atoms. The van der Waals surface area contributed by atoms with Crippen molar-refractivity contribution in [1.82, 2.24) is 4.90 Å². The van der Waals surface area contributed by atoms with E-state index in [9.17, 15) is 19.5 Å². The number of hydrogen-bond acceptors (Lipinski definition) is 8. The van der Waals surface area contributed by atoms with Gasteiger partial charge in [-0.15, -0.1) is 0 Å². The van der Waals surface area contributed by atoms with Crippen molar-refractivity contribution in [2.75, 3.05) is 20.3 Å². The number of halogens is 1. The van der Waals surface area contributed by atoms with Gasteiger partial charge in [0.1, 0.15) is 6.61 Å². The molecule has 0 unspecified atom stereocenters. The van der Waals surface area contributed by atoms with Crippen LogP contribution in [0.4, 0.5) is 4.79 Å². The van der Waals surface area contributed by atoms with Gasteiger partial charge < -0.3 is 24.4 Å². The number of imide groups is 1. The summed E-state index contributed by atoms with van der Waals surface area (Å²) in [6, 6.07) is 8.76. The Bertz CT molecular complexity index is 876. The van der Waals surface area contributed by atoms with Crippen LogP contribution < -0.4 is 0 Å². The number of amides is 2. The predicted molar refractivity (Wildman–Crippen MR) is 116 cm³/mol. The molecule has 1 saturated heterocycles. The second-order valence-corrected chi connectivity index (χ2v) is 8.54. The van der Waals surface area contributed by atoms with Crippen molar-refractivity contribution in [3.8, 4) is 0 Å². The Morgan fingerprint density at radius 1 is 1.31 bits per heavy atom. The third kappa shape index (κ3) is 5.26. The fraction of sp³-hybridized carbons (Fsp3) is 0.500. The van der Waals surface area contributed by atoms with Crippen LogP contribution in [0, 0.1) is 0 Å². The summed E-state index contributed by atoms with van der Waals surface area (Å²) < 4.78 is 16.2. The quantitative estimate of drug-likeness (QED) is 0.480. The van der Waals surface area contributed by atoms with E-state index in [4.69, 9.17) is 19.3 Å². The van der Waals surface area contributed by atoms with Gasteiger partial charge in [-0.3, -0.25) is 9.59 Å². The molecule has 0 radical (unpaired) electrons. The normalized spacial score (nSPS) is 26.6. The molecule has 0 aromatic heterocycles. The largest absolute Gasteiger partial charge is 0.447 e. The van der Waals surface area contributed by atoms with Crippen LogP contribution in [0.5, 0.6) is 0 Å². The molecule has 2 amide bonds. The summed E-state index contributed by atoms with van der Waals surface area (Å²) in [6.45, 7) is -0.0370. The highest BCUT2D eigenvalue weighted by Crippen LogP contribution is 2.36. The summed E-state index contributed by atoms with van der Waals surface area (Å²) in [5.74, 6) is -3.23. The van der Waals surface area contributed by atoms with Gasteiger partial charge in [-0.25, -0.2) is 9.69 Å². The van der Waals surface area contributed by atoms with Crippen molar-refractivity contribution >= 4 is 33.7 Å². The number of nitrogens with zero attached hydrogens (tertiary/aromatic N) is 1. The zero-order valence-corrected chi connectivity index (χ0v) is 19.2. The minimum atomic E-state index is -1.86. The average molecular weight is 512 g/mol. The van der Waals surface area contributed by atoms with Crippen molar-refractivity contribution in [3.05, 3.63) is 46.5 Å². The Morgan fingerprint density at radius 3 is 2.69 bits per heavy atom. The molecule has 1 fully saturated rings. The van der Waals surface area contributed by atoms with Gasteiger partial charge in [0.2, 0.25) is 0 Å². The monoisotopic (exact) mass is 511 g/mol. The van der Waals surface area contributed by atoms with E-state index in [1.165, 1.54) is 7.11 Å².